The summed E-state index contributed by atoms with van der Waals surface area (Å²) < 4.78 is 5.44. The van der Waals surface area contributed by atoms with Crippen molar-refractivity contribution in [3.8, 4) is 0 Å². The van der Waals surface area contributed by atoms with Crippen LogP contribution in [0.5, 0.6) is 0 Å². The first-order chi connectivity index (χ1) is 5.52. The molecule has 1 heterocycles. The number of hydrogen-bond donors (Lipinski definition) is 0. The van der Waals surface area contributed by atoms with Crippen molar-refractivity contribution in [2.45, 2.75) is 26.1 Å². The van der Waals surface area contributed by atoms with Gasteiger partial charge in [-0.3, -0.25) is 0 Å². The molecule has 1 aliphatic carbocycles. The van der Waals surface area contributed by atoms with Gasteiger partial charge in [-0.05, 0) is 12.3 Å². The predicted octanol–water partition coefficient (Wildman–Crippen LogP) is 2.46. The molecule has 0 spiro atoms. The van der Waals surface area contributed by atoms with E-state index in [9.17, 15) is 0 Å². The molecule has 0 radical (unpaired) electrons. The molecule has 12 heavy (non-hydrogen) atoms. The predicted molar refractivity (Wildman–Crippen MR) is 53.8 cm³/mol. The van der Waals surface area contributed by atoms with Crippen LogP contribution in [0.3, 0.4) is 0 Å². The van der Waals surface area contributed by atoms with Crippen molar-refractivity contribution in [2.24, 2.45) is 11.3 Å². The lowest BCUT2D eigenvalue weighted by molar-refractivity contribution is 0.156. The van der Waals surface area contributed by atoms with Gasteiger partial charge in [0.05, 0.1) is 21.3 Å². The van der Waals surface area contributed by atoms with Gasteiger partial charge in [0.25, 0.3) is 0 Å². The van der Waals surface area contributed by atoms with Crippen molar-refractivity contribution >= 4 is 8.07 Å². The van der Waals surface area contributed by atoms with E-state index in [1.807, 2.05) is 0 Å². The van der Waals surface area contributed by atoms with E-state index in [4.69, 9.17) is 4.74 Å². The van der Waals surface area contributed by atoms with Gasteiger partial charge >= 0.3 is 0 Å². The first-order valence-electron chi connectivity index (χ1n) is 4.80. The van der Waals surface area contributed by atoms with Gasteiger partial charge in [0.2, 0.25) is 0 Å². The first kappa shape index (κ1) is 8.51. The Kier molecular flexibility index (Phi) is 1.74. The van der Waals surface area contributed by atoms with Gasteiger partial charge in [0, 0.05) is 5.41 Å². The first-order valence-corrected chi connectivity index (χ1v) is 8.38. The van der Waals surface area contributed by atoms with Crippen LogP contribution in [0.4, 0.5) is 0 Å². The van der Waals surface area contributed by atoms with Crippen LogP contribution in [-0.4, -0.2) is 21.3 Å². The molecule has 2 unspecified atom stereocenters. The topological polar surface area (TPSA) is 9.23 Å². The van der Waals surface area contributed by atoms with E-state index in [0.29, 0.717) is 5.41 Å². The van der Waals surface area contributed by atoms with Gasteiger partial charge in [-0.2, -0.15) is 0 Å². The van der Waals surface area contributed by atoms with Crippen LogP contribution >= 0.6 is 0 Å². The summed E-state index contributed by atoms with van der Waals surface area (Å²) in [6, 6.07) is 0. The van der Waals surface area contributed by atoms with Gasteiger partial charge in [-0.25, -0.2) is 0 Å². The van der Waals surface area contributed by atoms with Gasteiger partial charge in [-0.15, -0.1) is 0 Å². The van der Waals surface area contributed by atoms with E-state index < -0.39 is 8.07 Å². The molecule has 0 aromatic rings. The van der Waals surface area contributed by atoms with Gasteiger partial charge in [-0.1, -0.05) is 31.4 Å². The van der Waals surface area contributed by atoms with Gasteiger partial charge in [0.15, 0.2) is 0 Å². The molecule has 0 aromatic carbocycles. The second-order valence-corrected chi connectivity index (χ2v) is 10.4. The highest BCUT2D eigenvalue weighted by atomic mass is 28.3. The van der Waals surface area contributed by atoms with Gasteiger partial charge < -0.3 is 4.74 Å². The minimum absolute atomic E-state index is 0.500. The molecule has 0 N–H and O–H groups in total. The Labute approximate surface area is 75.8 Å². The molecule has 1 saturated carbocycles. The third kappa shape index (κ3) is 1.50. The fourth-order valence-corrected chi connectivity index (χ4v) is 2.69. The summed E-state index contributed by atoms with van der Waals surface area (Å²) in [6.45, 7) is 9.14. The Hall–Kier alpha value is -0.0831. The van der Waals surface area contributed by atoms with Crippen molar-refractivity contribution in [3.63, 3.8) is 0 Å². The SMILES string of the molecule is C[Si](C)(C)/C=C\C12COCC1C2. The van der Waals surface area contributed by atoms with Crippen molar-refractivity contribution < 1.29 is 4.74 Å². The standard InChI is InChI=1S/C10H18OSi/c1-12(2,3)5-4-10-6-9(10)7-11-8-10/h4-5,9H,6-8H2,1-3H3/b5-4-. The Morgan fingerprint density at radius 2 is 2.17 bits per heavy atom. The Bertz CT molecular complexity index is 216. The van der Waals surface area contributed by atoms with Crippen LogP contribution in [0.2, 0.25) is 19.6 Å². The lowest BCUT2D eigenvalue weighted by atomic mass is 10.1. The molecular formula is C10H18OSi. The largest absolute Gasteiger partial charge is 0.380 e. The van der Waals surface area contributed by atoms with Gasteiger partial charge in [0.1, 0.15) is 0 Å². The van der Waals surface area contributed by atoms with Crippen LogP contribution in [0.1, 0.15) is 6.42 Å². The average molecular weight is 182 g/mol. The molecule has 1 aliphatic heterocycles. The molecule has 2 fully saturated rings. The summed E-state index contributed by atoms with van der Waals surface area (Å²) in [5, 5.41) is 0. The molecule has 1 saturated heterocycles. The summed E-state index contributed by atoms with van der Waals surface area (Å²) in [7, 11) is -0.981. The maximum Gasteiger partial charge on any atom is 0.0683 e. The molecule has 2 atom stereocenters. The average Bonchev–Trinajstić information content (AvgIpc) is 2.51. The van der Waals surface area contributed by atoms with Crippen molar-refractivity contribution in [3.05, 3.63) is 11.8 Å². The number of hydrogen-bond acceptors (Lipinski definition) is 1. The monoisotopic (exact) mass is 182 g/mol. The zero-order chi connectivity index (χ0) is 8.82. The minimum Gasteiger partial charge on any atom is -0.380 e. The molecule has 0 amide bonds. The summed E-state index contributed by atoms with van der Waals surface area (Å²) >= 11 is 0. The smallest absolute Gasteiger partial charge is 0.0683 e. The van der Waals surface area contributed by atoms with Crippen LogP contribution in [0.25, 0.3) is 0 Å². The lowest BCUT2D eigenvalue weighted by Gasteiger charge is -2.11. The van der Waals surface area contributed by atoms with E-state index >= 15 is 0 Å². The number of ether oxygens (including phenoxy) is 1. The second-order valence-electron chi connectivity index (χ2n) is 5.35. The molecular weight excluding hydrogens is 164 g/mol. The molecule has 2 heteroatoms. The molecule has 0 bridgehead atoms. The highest BCUT2D eigenvalue weighted by Gasteiger charge is 2.56. The summed E-state index contributed by atoms with van der Waals surface area (Å²) in [5.74, 6) is 0.866. The Morgan fingerprint density at radius 3 is 2.58 bits per heavy atom. The Balaban J connectivity index is 2.00. The van der Waals surface area contributed by atoms with Crippen LogP contribution < -0.4 is 0 Å². The normalized spacial score (nSPS) is 40.4. The maximum absolute atomic E-state index is 5.44. The number of fused-ring (bicyclic) bond motifs is 1. The molecule has 1 nitrogen and oxygen atoms in total. The number of rotatable bonds is 2. The highest BCUT2D eigenvalue weighted by Crippen LogP contribution is 2.58. The van der Waals surface area contributed by atoms with Crippen LogP contribution in [0.15, 0.2) is 11.8 Å². The third-order valence-electron chi connectivity index (χ3n) is 2.88. The van der Waals surface area contributed by atoms with E-state index in [1.54, 1.807) is 0 Å². The minimum atomic E-state index is -0.981. The second kappa shape index (κ2) is 2.45. The third-order valence-corrected chi connectivity index (χ3v) is 4.05. The molecule has 2 rings (SSSR count). The summed E-state index contributed by atoms with van der Waals surface area (Å²) in [4.78, 5) is 0. The van der Waals surface area contributed by atoms with E-state index in [0.717, 1.165) is 19.1 Å². The summed E-state index contributed by atoms with van der Waals surface area (Å²) in [6.07, 6.45) is 3.84. The van der Waals surface area contributed by atoms with Crippen molar-refractivity contribution in [1.29, 1.82) is 0 Å². The van der Waals surface area contributed by atoms with E-state index in [2.05, 4.69) is 31.4 Å². The summed E-state index contributed by atoms with van der Waals surface area (Å²) in [5.41, 5.74) is 2.97. The molecule has 68 valence electrons. The fraction of sp³-hybridized carbons (Fsp3) is 0.800. The van der Waals surface area contributed by atoms with Crippen molar-refractivity contribution in [1.82, 2.24) is 0 Å². The van der Waals surface area contributed by atoms with Crippen molar-refractivity contribution in [2.75, 3.05) is 13.2 Å². The van der Waals surface area contributed by atoms with Crippen LogP contribution in [-0.2, 0) is 4.74 Å². The lowest BCUT2D eigenvalue weighted by Crippen LogP contribution is -2.17. The zero-order valence-corrected chi connectivity index (χ0v) is 9.26. The molecule has 0 aromatic heterocycles. The van der Waals surface area contributed by atoms with E-state index in [1.165, 1.54) is 6.42 Å². The maximum atomic E-state index is 5.44. The quantitative estimate of drug-likeness (QED) is 0.596. The molecule has 2 aliphatic rings. The highest BCUT2D eigenvalue weighted by molar-refractivity contribution is 6.80. The zero-order valence-electron chi connectivity index (χ0n) is 8.26. The van der Waals surface area contributed by atoms with Crippen LogP contribution in [0, 0.1) is 11.3 Å². The fourth-order valence-electron chi connectivity index (χ4n) is 1.86. The van der Waals surface area contributed by atoms with E-state index in [-0.39, 0.29) is 0 Å². The Morgan fingerprint density at radius 1 is 1.42 bits per heavy atom.